The van der Waals surface area contributed by atoms with Crippen LogP contribution < -0.4 is 5.32 Å². The van der Waals surface area contributed by atoms with Gasteiger partial charge < -0.3 is 5.32 Å². The first-order valence-electron chi connectivity index (χ1n) is 7.55. The molecule has 1 unspecified atom stereocenters. The maximum atomic E-state index is 11.6. The van der Waals surface area contributed by atoms with E-state index in [4.69, 9.17) is 0 Å². The SMILES string of the molecule is Cc1ccc(C2CC(NC3CCCS(=O)(=O)C3)C2)cc1. The van der Waals surface area contributed by atoms with Gasteiger partial charge in [0.2, 0.25) is 0 Å². The molecule has 1 aromatic carbocycles. The number of benzene rings is 1. The maximum Gasteiger partial charge on any atom is 0.151 e. The van der Waals surface area contributed by atoms with Gasteiger partial charge in [-0.15, -0.1) is 0 Å². The van der Waals surface area contributed by atoms with E-state index in [1.54, 1.807) is 0 Å². The van der Waals surface area contributed by atoms with Gasteiger partial charge in [-0.2, -0.15) is 0 Å². The molecule has 1 heterocycles. The molecule has 4 heteroatoms. The molecule has 2 aliphatic rings. The van der Waals surface area contributed by atoms with Crippen LogP contribution in [0.25, 0.3) is 0 Å². The monoisotopic (exact) mass is 293 g/mol. The van der Waals surface area contributed by atoms with Crippen LogP contribution in [0.2, 0.25) is 0 Å². The minimum Gasteiger partial charge on any atom is -0.310 e. The third-order valence-corrected chi connectivity index (χ3v) is 6.44. The first-order valence-corrected chi connectivity index (χ1v) is 9.37. The van der Waals surface area contributed by atoms with Gasteiger partial charge in [-0.05, 0) is 44.1 Å². The summed E-state index contributed by atoms with van der Waals surface area (Å²) in [4.78, 5) is 0. The molecule has 1 atom stereocenters. The lowest BCUT2D eigenvalue weighted by molar-refractivity contribution is 0.263. The predicted octanol–water partition coefficient (Wildman–Crippen LogP) is 2.41. The Morgan fingerprint density at radius 2 is 1.80 bits per heavy atom. The summed E-state index contributed by atoms with van der Waals surface area (Å²) < 4.78 is 23.3. The second kappa shape index (κ2) is 5.49. The van der Waals surface area contributed by atoms with Crippen molar-refractivity contribution >= 4 is 9.84 Å². The van der Waals surface area contributed by atoms with Crippen molar-refractivity contribution in [3.8, 4) is 0 Å². The molecule has 0 radical (unpaired) electrons. The highest BCUT2D eigenvalue weighted by Gasteiger charge is 2.33. The van der Waals surface area contributed by atoms with E-state index in [2.05, 4.69) is 36.5 Å². The Morgan fingerprint density at radius 3 is 2.45 bits per heavy atom. The molecule has 1 aliphatic heterocycles. The summed E-state index contributed by atoms with van der Waals surface area (Å²) >= 11 is 0. The predicted molar refractivity (Wildman–Crippen MR) is 81.8 cm³/mol. The Balaban J connectivity index is 1.50. The van der Waals surface area contributed by atoms with E-state index in [0.717, 1.165) is 25.7 Å². The molecule has 0 aromatic heterocycles. The average molecular weight is 293 g/mol. The highest BCUT2D eigenvalue weighted by Crippen LogP contribution is 2.37. The summed E-state index contributed by atoms with van der Waals surface area (Å²) in [6.45, 7) is 2.11. The molecule has 1 aliphatic carbocycles. The second-order valence-corrected chi connectivity index (χ2v) is 8.62. The number of aryl methyl sites for hydroxylation is 1. The van der Waals surface area contributed by atoms with Gasteiger partial charge in [0.15, 0.2) is 9.84 Å². The van der Waals surface area contributed by atoms with Gasteiger partial charge in [-0.3, -0.25) is 0 Å². The van der Waals surface area contributed by atoms with Gasteiger partial charge >= 0.3 is 0 Å². The van der Waals surface area contributed by atoms with E-state index in [1.807, 2.05) is 0 Å². The number of nitrogens with one attached hydrogen (secondary N) is 1. The molecule has 0 spiro atoms. The van der Waals surface area contributed by atoms with E-state index >= 15 is 0 Å². The Labute approximate surface area is 121 Å². The molecule has 1 N–H and O–H groups in total. The number of hydrogen-bond donors (Lipinski definition) is 1. The van der Waals surface area contributed by atoms with Gasteiger partial charge in [-0.1, -0.05) is 29.8 Å². The Hall–Kier alpha value is -0.870. The fourth-order valence-corrected chi connectivity index (χ4v) is 5.00. The summed E-state index contributed by atoms with van der Waals surface area (Å²) in [5.41, 5.74) is 2.72. The normalized spacial score (nSPS) is 32.5. The van der Waals surface area contributed by atoms with Crippen molar-refractivity contribution in [2.45, 2.75) is 50.6 Å². The number of rotatable bonds is 3. The highest BCUT2D eigenvalue weighted by molar-refractivity contribution is 7.91. The van der Waals surface area contributed by atoms with Crippen LogP contribution >= 0.6 is 0 Å². The van der Waals surface area contributed by atoms with E-state index in [0.29, 0.717) is 23.5 Å². The molecular formula is C16H23NO2S. The third kappa shape index (κ3) is 3.23. The van der Waals surface area contributed by atoms with Gasteiger partial charge in [0.25, 0.3) is 0 Å². The minimum absolute atomic E-state index is 0.178. The van der Waals surface area contributed by atoms with Gasteiger partial charge in [0.05, 0.1) is 11.5 Å². The van der Waals surface area contributed by atoms with Crippen LogP contribution in [0.1, 0.15) is 42.7 Å². The molecule has 0 bridgehead atoms. The lowest BCUT2D eigenvalue weighted by Crippen LogP contribution is -2.49. The zero-order valence-corrected chi connectivity index (χ0v) is 12.8. The van der Waals surface area contributed by atoms with Crippen molar-refractivity contribution in [2.75, 3.05) is 11.5 Å². The first-order chi connectivity index (χ1) is 9.52. The lowest BCUT2D eigenvalue weighted by atomic mass is 9.75. The molecule has 0 amide bonds. The van der Waals surface area contributed by atoms with Crippen molar-refractivity contribution in [1.29, 1.82) is 0 Å². The largest absolute Gasteiger partial charge is 0.310 e. The van der Waals surface area contributed by atoms with Crippen LogP contribution in [0.15, 0.2) is 24.3 Å². The van der Waals surface area contributed by atoms with Crippen LogP contribution in [0.5, 0.6) is 0 Å². The molecule has 1 aromatic rings. The molecule has 110 valence electrons. The molecule has 3 nitrogen and oxygen atoms in total. The van der Waals surface area contributed by atoms with Gasteiger partial charge in [0, 0.05) is 12.1 Å². The van der Waals surface area contributed by atoms with Crippen molar-refractivity contribution in [1.82, 2.24) is 5.32 Å². The van der Waals surface area contributed by atoms with Gasteiger partial charge in [-0.25, -0.2) is 8.42 Å². The molecular weight excluding hydrogens is 270 g/mol. The van der Waals surface area contributed by atoms with Crippen LogP contribution in [-0.4, -0.2) is 32.0 Å². The third-order valence-electron chi connectivity index (χ3n) is 4.62. The van der Waals surface area contributed by atoms with E-state index in [1.165, 1.54) is 11.1 Å². The molecule has 3 rings (SSSR count). The number of hydrogen-bond acceptors (Lipinski definition) is 3. The van der Waals surface area contributed by atoms with E-state index in [9.17, 15) is 8.42 Å². The van der Waals surface area contributed by atoms with Crippen LogP contribution in [0.4, 0.5) is 0 Å². The van der Waals surface area contributed by atoms with Crippen LogP contribution in [0, 0.1) is 6.92 Å². The van der Waals surface area contributed by atoms with Crippen LogP contribution in [0.3, 0.4) is 0 Å². The van der Waals surface area contributed by atoms with Crippen molar-refractivity contribution in [3.05, 3.63) is 35.4 Å². The second-order valence-electron chi connectivity index (χ2n) is 6.40. The Morgan fingerprint density at radius 1 is 1.10 bits per heavy atom. The summed E-state index contributed by atoms with van der Waals surface area (Å²) in [5, 5.41) is 3.54. The van der Waals surface area contributed by atoms with Crippen molar-refractivity contribution < 1.29 is 8.42 Å². The fraction of sp³-hybridized carbons (Fsp3) is 0.625. The van der Waals surface area contributed by atoms with Crippen LogP contribution in [-0.2, 0) is 9.84 Å². The summed E-state index contributed by atoms with van der Waals surface area (Å²) in [7, 11) is -2.79. The fourth-order valence-electron chi connectivity index (χ4n) is 3.35. The molecule has 2 fully saturated rings. The van der Waals surface area contributed by atoms with E-state index < -0.39 is 9.84 Å². The quantitative estimate of drug-likeness (QED) is 0.931. The summed E-state index contributed by atoms with van der Waals surface area (Å²) in [6, 6.07) is 9.47. The Bertz CT molecular complexity index is 559. The average Bonchev–Trinajstić information content (AvgIpc) is 2.34. The van der Waals surface area contributed by atoms with E-state index in [-0.39, 0.29) is 6.04 Å². The maximum absolute atomic E-state index is 11.6. The van der Waals surface area contributed by atoms with Crippen molar-refractivity contribution in [3.63, 3.8) is 0 Å². The zero-order chi connectivity index (χ0) is 14.2. The first kappa shape index (κ1) is 14.1. The zero-order valence-electron chi connectivity index (χ0n) is 12.0. The molecule has 1 saturated heterocycles. The summed E-state index contributed by atoms with van der Waals surface area (Å²) in [6.07, 6.45) is 4.10. The topological polar surface area (TPSA) is 46.2 Å². The lowest BCUT2D eigenvalue weighted by Gasteiger charge is -2.39. The smallest absolute Gasteiger partial charge is 0.151 e. The van der Waals surface area contributed by atoms with Gasteiger partial charge in [0.1, 0.15) is 0 Å². The minimum atomic E-state index is -2.79. The molecule has 1 saturated carbocycles. The highest BCUT2D eigenvalue weighted by atomic mass is 32.2. The molecule has 20 heavy (non-hydrogen) atoms. The number of sulfone groups is 1. The van der Waals surface area contributed by atoms with Crippen molar-refractivity contribution in [2.24, 2.45) is 0 Å². The summed E-state index contributed by atoms with van der Waals surface area (Å²) in [5.74, 6) is 1.36. The standard InChI is InChI=1S/C16H23NO2S/c1-12-4-6-13(7-5-12)14-9-16(10-14)17-15-3-2-8-20(18,19)11-15/h4-7,14-17H,2-3,8-11H2,1H3. The Kier molecular flexibility index (Phi) is 3.87.